The molecule has 3 aromatic rings. The summed E-state index contributed by atoms with van der Waals surface area (Å²) in [6.07, 6.45) is 3.75. The lowest BCUT2D eigenvalue weighted by atomic mass is 10.0. The largest absolute Gasteiger partial charge is 0.493 e. The monoisotopic (exact) mass is 874 g/mol. The van der Waals surface area contributed by atoms with Crippen molar-refractivity contribution in [3.63, 3.8) is 0 Å². The summed E-state index contributed by atoms with van der Waals surface area (Å²) in [5, 5.41) is 8.21. The highest BCUT2D eigenvalue weighted by molar-refractivity contribution is 7.90. The molecule has 4 amide bonds. The molecule has 3 N–H and O–H groups in total. The molecule has 2 aliphatic rings. The molecule has 0 unspecified atom stereocenters. The number of fused-ring (bicyclic) bond motifs is 6. The summed E-state index contributed by atoms with van der Waals surface area (Å²) in [4.78, 5) is 56.6. The summed E-state index contributed by atoms with van der Waals surface area (Å²) in [7, 11) is -3.70. The maximum absolute atomic E-state index is 14.9. The fraction of sp³-hybridized carbons (Fsp3) is 0.450. The number of carbonyl (C=O) groups excluding carboxylic acids is 4. The van der Waals surface area contributed by atoms with Crippen molar-refractivity contribution in [1.29, 1.82) is 0 Å². The third-order valence-electron chi connectivity index (χ3n) is 8.75. The Hall–Kier alpha value is -5.61. The third-order valence-corrected chi connectivity index (χ3v) is 10.3. The van der Waals surface area contributed by atoms with Gasteiger partial charge in [0.1, 0.15) is 29.0 Å². The lowest BCUT2D eigenvalue weighted by molar-refractivity contribution is -0.137. The number of sulfone groups is 1. The molecule has 18 nitrogen and oxygen atoms in total. The van der Waals surface area contributed by atoms with Crippen molar-refractivity contribution in [3.8, 4) is 22.8 Å². The maximum atomic E-state index is 14.9. The van der Waals surface area contributed by atoms with Crippen LogP contribution in [0.1, 0.15) is 24.8 Å². The van der Waals surface area contributed by atoms with Crippen molar-refractivity contribution in [2.24, 2.45) is 0 Å². The summed E-state index contributed by atoms with van der Waals surface area (Å²) in [6.45, 7) is 2.66. The van der Waals surface area contributed by atoms with Crippen molar-refractivity contribution in [1.82, 2.24) is 25.5 Å². The van der Waals surface area contributed by atoms with Gasteiger partial charge in [-0.3, -0.25) is 24.1 Å². The Bertz CT molecular complexity index is 2110. The van der Waals surface area contributed by atoms with E-state index in [2.05, 4.69) is 25.9 Å². The van der Waals surface area contributed by atoms with Crippen LogP contribution in [0.4, 0.5) is 20.4 Å². The van der Waals surface area contributed by atoms with E-state index in [1.165, 1.54) is 48.6 Å². The highest BCUT2D eigenvalue weighted by Crippen LogP contribution is 2.34. The summed E-state index contributed by atoms with van der Waals surface area (Å²) in [5.74, 6) is -2.72. The number of rotatable bonds is 23. The molecule has 4 heterocycles. The van der Waals surface area contributed by atoms with Gasteiger partial charge in [0, 0.05) is 74.3 Å². The first kappa shape index (κ1) is 46.5. The second kappa shape index (κ2) is 24.0. The Kier molecular flexibility index (Phi) is 18.3. The molecular formula is C40H48F2N6O12S. The molecule has 0 radical (unpaired) electrons. The first-order valence-corrected chi connectivity index (χ1v) is 21.4. The predicted octanol–water partition coefficient (Wildman–Crippen LogP) is 2.25. The Morgan fingerprint density at radius 1 is 0.770 bits per heavy atom. The second-order valence-electron chi connectivity index (χ2n) is 13.5. The molecule has 0 saturated heterocycles. The molecule has 1 aromatic carbocycles. The van der Waals surface area contributed by atoms with E-state index in [1.807, 2.05) is 0 Å². The maximum Gasteiger partial charge on any atom is 0.253 e. The van der Waals surface area contributed by atoms with E-state index in [0.29, 0.717) is 44.0 Å². The lowest BCUT2D eigenvalue weighted by Crippen LogP contribution is -2.35. The molecule has 0 fully saturated rings. The Morgan fingerprint density at radius 3 is 2.16 bits per heavy atom. The highest BCUT2D eigenvalue weighted by Gasteiger charge is 2.23. The van der Waals surface area contributed by atoms with Crippen LogP contribution in [0.25, 0.3) is 11.1 Å². The Balaban J connectivity index is 0.909. The minimum Gasteiger partial charge on any atom is -0.493 e. The highest BCUT2D eigenvalue weighted by atomic mass is 32.2. The number of amides is 4. The number of ether oxygens (including phenoxy) is 6. The van der Waals surface area contributed by atoms with Gasteiger partial charge in [0.2, 0.25) is 17.7 Å². The number of imide groups is 1. The fourth-order valence-corrected chi connectivity index (χ4v) is 7.02. The molecule has 5 rings (SSSR count). The van der Waals surface area contributed by atoms with Crippen LogP contribution >= 0.6 is 0 Å². The summed E-state index contributed by atoms with van der Waals surface area (Å²) >= 11 is 0. The Labute approximate surface area is 351 Å². The van der Waals surface area contributed by atoms with Gasteiger partial charge in [0.15, 0.2) is 9.84 Å². The van der Waals surface area contributed by atoms with Crippen LogP contribution in [-0.2, 0) is 53.7 Å². The predicted molar refractivity (Wildman–Crippen MR) is 215 cm³/mol. The second-order valence-corrected chi connectivity index (χ2v) is 15.7. The number of benzene rings is 1. The van der Waals surface area contributed by atoms with Gasteiger partial charge in [-0.15, -0.1) is 0 Å². The van der Waals surface area contributed by atoms with Gasteiger partial charge >= 0.3 is 0 Å². The number of hydrogen-bond acceptors (Lipinski definition) is 15. The number of hydrogen-bond donors (Lipinski definition) is 3. The van der Waals surface area contributed by atoms with Crippen LogP contribution in [0.3, 0.4) is 0 Å². The molecule has 4 bridgehead atoms. The van der Waals surface area contributed by atoms with E-state index < -0.39 is 33.3 Å². The minimum absolute atomic E-state index is 0.0109. The quantitative estimate of drug-likeness (QED) is 0.0919. The van der Waals surface area contributed by atoms with Crippen LogP contribution in [0.2, 0.25) is 0 Å². The number of aromatic nitrogens is 2. The molecule has 0 saturated carbocycles. The van der Waals surface area contributed by atoms with Gasteiger partial charge in [-0.05, 0) is 29.8 Å². The van der Waals surface area contributed by atoms with Gasteiger partial charge in [-0.1, -0.05) is 0 Å². The third kappa shape index (κ3) is 16.1. The summed E-state index contributed by atoms with van der Waals surface area (Å²) in [6, 6.07) is 8.22. The van der Waals surface area contributed by atoms with E-state index in [4.69, 9.17) is 28.4 Å². The van der Waals surface area contributed by atoms with Crippen molar-refractivity contribution in [2.45, 2.75) is 25.0 Å². The van der Waals surface area contributed by atoms with Gasteiger partial charge in [0.25, 0.3) is 11.8 Å². The van der Waals surface area contributed by atoms with E-state index in [1.54, 1.807) is 0 Å². The number of halogens is 2. The van der Waals surface area contributed by atoms with Gasteiger partial charge in [0.05, 0.1) is 83.8 Å². The van der Waals surface area contributed by atoms with Crippen LogP contribution in [-0.4, -0.2) is 138 Å². The number of nitrogens with one attached hydrogen (secondary N) is 3. The zero-order chi connectivity index (χ0) is 43.5. The van der Waals surface area contributed by atoms with Crippen LogP contribution in [0.5, 0.6) is 11.6 Å². The smallest absolute Gasteiger partial charge is 0.253 e. The first-order valence-electron chi connectivity index (χ1n) is 19.5. The molecular weight excluding hydrogens is 827 g/mol. The van der Waals surface area contributed by atoms with E-state index >= 15 is 0 Å². The van der Waals surface area contributed by atoms with Crippen molar-refractivity contribution >= 4 is 45.1 Å². The molecule has 2 aliphatic heterocycles. The van der Waals surface area contributed by atoms with Crippen LogP contribution in [0.15, 0.2) is 54.7 Å². The number of pyridine rings is 2. The van der Waals surface area contributed by atoms with E-state index in [-0.39, 0.29) is 124 Å². The number of anilines is 2. The van der Waals surface area contributed by atoms with Crippen molar-refractivity contribution in [3.05, 3.63) is 71.9 Å². The molecule has 61 heavy (non-hydrogen) atoms. The molecule has 330 valence electrons. The number of nitrogens with zero attached hydrogens (tertiary/aromatic N) is 3. The zero-order valence-electron chi connectivity index (χ0n) is 33.3. The SMILES string of the molecule is O=C(CCOCCOCCOCCOCCNC(=O)CCN1C(=O)C=CC1=O)NCCS(=O)(=O)Cc1cc2nc(c1)OCCCOc1cc(F)ccc1-c1cc(ncc1F)N2. The topological polar surface area (TPSA) is 223 Å². The van der Waals surface area contributed by atoms with Gasteiger partial charge < -0.3 is 44.4 Å². The van der Waals surface area contributed by atoms with E-state index in [0.717, 1.165) is 11.1 Å². The average molecular weight is 875 g/mol. The molecule has 2 aromatic heterocycles. The van der Waals surface area contributed by atoms with Crippen molar-refractivity contribution in [2.75, 3.05) is 96.8 Å². The fourth-order valence-electron chi connectivity index (χ4n) is 5.78. The van der Waals surface area contributed by atoms with Gasteiger partial charge in [-0.2, -0.15) is 4.98 Å². The normalized spacial score (nSPS) is 13.8. The summed E-state index contributed by atoms with van der Waals surface area (Å²) in [5.41, 5.74) is 0.804. The molecule has 0 spiro atoms. The molecule has 0 aliphatic carbocycles. The zero-order valence-corrected chi connectivity index (χ0v) is 34.1. The standard InChI is InChI=1S/C40H48F2N6O12S/c41-29-2-3-30-31-25-34(45-26-32(31)42)46-35-22-28(23-38(47-35)60-12-1-11-59-33(30)24-29)27-61(53,54)21-9-44-37(50)7-13-55-15-17-57-19-20-58-18-16-56-14-8-43-36(49)6-10-48-39(51)4-5-40(48)52/h2-5,22-26H,1,6-21,27H2,(H,43,49)(H,44,50)(H,45,46,47). The average Bonchev–Trinajstić information content (AvgIpc) is 3.54. The van der Waals surface area contributed by atoms with Gasteiger partial charge in [-0.25, -0.2) is 22.2 Å². The van der Waals surface area contributed by atoms with E-state index in [9.17, 15) is 36.4 Å². The lowest BCUT2D eigenvalue weighted by Gasteiger charge is -2.16. The van der Waals surface area contributed by atoms with Crippen LogP contribution < -0.4 is 25.4 Å². The molecule has 0 atom stereocenters. The van der Waals surface area contributed by atoms with Crippen molar-refractivity contribution < 1.29 is 64.8 Å². The molecule has 21 heteroatoms. The summed E-state index contributed by atoms with van der Waals surface area (Å²) < 4.78 is 88.3. The minimum atomic E-state index is -3.70. The number of carbonyl (C=O) groups is 4. The Morgan fingerprint density at radius 2 is 1.43 bits per heavy atom. The van der Waals surface area contributed by atoms with Crippen LogP contribution in [0, 0.1) is 11.6 Å². The first-order chi connectivity index (χ1) is 29.5.